The number of esters is 4. The number of phosphoric ester groups is 2. The fourth-order valence-electron chi connectivity index (χ4n) is 12.9. The predicted octanol–water partition coefficient (Wildman–Crippen LogP) is 25.2. The molecule has 0 rings (SSSR count). The number of unbranched alkanes of at least 4 members (excludes halogenated alkanes) is 55. The summed E-state index contributed by atoms with van der Waals surface area (Å²) in [6.07, 6.45) is 67.8. The molecule has 0 aliphatic carbocycles. The van der Waals surface area contributed by atoms with E-state index < -0.39 is 97.5 Å². The van der Waals surface area contributed by atoms with E-state index >= 15 is 0 Å². The highest BCUT2D eigenvalue weighted by Gasteiger charge is 2.30. The smallest absolute Gasteiger partial charge is 0.462 e. The molecule has 0 aromatic carbocycles. The third-order valence-electron chi connectivity index (χ3n) is 19.5. The normalized spacial score (nSPS) is 13.8. The number of rotatable bonds is 83. The molecule has 0 aliphatic rings. The summed E-state index contributed by atoms with van der Waals surface area (Å²) >= 11 is 0. The van der Waals surface area contributed by atoms with Crippen LogP contribution >= 0.6 is 15.6 Å². The van der Waals surface area contributed by atoms with Gasteiger partial charge in [0, 0.05) is 25.7 Å². The summed E-state index contributed by atoms with van der Waals surface area (Å²) < 4.78 is 68.8. The van der Waals surface area contributed by atoms with Crippen LogP contribution in [0.25, 0.3) is 0 Å². The Balaban J connectivity index is 5.26. The number of phosphoric acid groups is 2. The number of hydrogen-bond donors (Lipinski definition) is 3. The first-order valence-corrected chi connectivity index (χ1v) is 46.1. The van der Waals surface area contributed by atoms with E-state index in [1.54, 1.807) is 0 Å². The third kappa shape index (κ3) is 76.3. The van der Waals surface area contributed by atoms with E-state index in [2.05, 4.69) is 34.6 Å². The van der Waals surface area contributed by atoms with Crippen molar-refractivity contribution in [3.05, 3.63) is 0 Å². The lowest BCUT2D eigenvalue weighted by Gasteiger charge is -2.21. The van der Waals surface area contributed by atoms with Gasteiger partial charge in [-0.1, -0.05) is 394 Å². The number of carbonyl (C=O) groups excluding carboxylic acids is 4. The molecule has 102 heavy (non-hydrogen) atoms. The molecule has 0 radical (unpaired) electrons. The molecule has 0 heterocycles. The van der Waals surface area contributed by atoms with Crippen LogP contribution in [0.1, 0.15) is 446 Å². The molecule has 2 unspecified atom stereocenters. The lowest BCUT2D eigenvalue weighted by Crippen LogP contribution is -2.30. The fraction of sp³-hybridized carbons (Fsp3) is 0.952. The van der Waals surface area contributed by atoms with Crippen molar-refractivity contribution >= 4 is 39.5 Å². The maximum atomic E-state index is 13.1. The van der Waals surface area contributed by atoms with Gasteiger partial charge in [0.25, 0.3) is 0 Å². The van der Waals surface area contributed by atoms with Gasteiger partial charge in [-0.2, -0.15) is 0 Å². The average Bonchev–Trinajstić information content (AvgIpc) is 0.915. The van der Waals surface area contributed by atoms with Gasteiger partial charge in [-0.05, 0) is 31.6 Å². The highest BCUT2D eigenvalue weighted by Crippen LogP contribution is 2.45. The summed E-state index contributed by atoms with van der Waals surface area (Å²) in [5, 5.41) is 10.7. The van der Waals surface area contributed by atoms with E-state index in [1.165, 1.54) is 270 Å². The molecule has 606 valence electrons. The van der Waals surface area contributed by atoms with Crippen LogP contribution in [0.4, 0.5) is 0 Å². The Morgan fingerprint density at radius 2 is 0.451 bits per heavy atom. The van der Waals surface area contributed by atoms with Crippen LogP contribution in [0.3, 0.4) is 0 Å². The van der Waals surface area contributed by atoms with Crippen LogP contribution in [0.15, 0.2) is 0 Å². The Bertz CT molecular complexity index is 1940. The van der Waals surface area contributed by atoms with E-state index in [-0.39, 0.29) is 25.7 Å². The van der Waals surface area contributed by atoms with Gasteiger partial charge in [0.15, 0.2) is 12.2 Å². The van der Waals surface area contributed by atoms with Gasteiger partial charge < -0.3 is 33.8 Å². The van der Waals surface area contributed by atoms with Crippen LogP contribution < -0.4 is 0 Å². The quantitative estimate of drug-likeness (QED) is 0.0222. The van der Waals surface area contributed by atoms with Gasteiger partial charge in [-0.15, -0.1) is 0 Å². The van der Waals surface area contributed by atoms with E-state index in [1.807, 2.05) is 0 Å². The van der Waals surface area contributed by atoms with Crippen molar-refractivity contribution in [1.29, 1.82) is 0 Å². The summed E-state index contributed by atoms with van der Waals surface area (Å²) in [5.41, 5.74) is 0. The van der Waals surface area contributed by atoms with E-state index in [0.717, 1.165) is 95.8 Å². The van der Waals surface area contributed by atoms with Crippen molar-refractivity contribution in [1.82, 2.24) is 0 Å². The second-order valence-electron chi connectivity index (χ2n) is 30.3. The maximum absolute atomic E-state index is 13.1. The zero-order chi connectivity index (χ0) is 74.8. The fourth-order valence-corrected chi connectivity index (χ4v) is 14.5. The molecule has 5 atom stereocenters. The van der Waals surface area contributed by atoms with E-state index in [9.17, 15) is 43.2 Å². The molecule has 0 amide bonds. The van der Waals surface area contributed by atoms with Crippen LogP contribution in [0.2, 0.25) is 0 Å². The zero-order valence-corrected chi connectivity index (χ0v) is 68.5. The average molecular weight is 1490 g/mol. The summed E-state index contributed by atoms with van der Waals surface area (Å²) in [4.78, 5) is 73.2. The first kappa shape index (κ1) is 100. The molecule has 19 heteroatoms. The lowest BCUT2D eigenvalue weighted by molar-refractivity contribution is -0.161. The summed E-state index contributed by atoms with van der Waals surface area (Å²) in [5.74, 6) is -1.29. The SMILES string of the molecule is CCCCCCCCCCCCCCCCCC(=O)OC[C@H](COP(=O)(O)OC[C@@H](O)COP(=O)(O)OC[C@@H](COC(=O)CCCCCCCCCCCCCCC)OC(=O)CCCCCCCCCCCCCCCCC)OC(=O)CCCCCCCCCCCCCCCCCCC(C)C. The topological polar surface area (TPSA) is 237 Å². The minimum atomic E-state index is -4.96. The maximum Gasteiger partial charge on any atom is 0.472 e. The van der Waals surface area contributed by atoms with Crippen LogP contribution in [0, 0.1) is 5.92 Å². The first-order chi connectivity index (χ1) is 49.5. The molecule has 0 saturated heterocycles. The Kier molecular flexibility index (Phi) is 74.4. The van der Waals surface area contributed by atoms with Crippen molar-refractivity contribution < 1.29 is 80.2 Å². The van der Waals surface area contributed by atoms with E-state index in [0.29, 0.717) is 25.7 Å². The van der Waals surface area contributed by atoms with Crippen LogP contribution in [-0.2, 0) is 65.4 Å². The van der Waals surface area contributed by atoms with Crippen molar-refractivity contribution in [3.8, 4) is 0 Å². The Hall–Kier alpha value is -1.94. The summed E-state index contributed by atoms with van der Waals surface area (Å²) in [6.45, 7) is 7.39. The van der Waals surface area contributed by atoms with Gasteiger partial charge in [0.1, 0.15) is 19.3 Å². The molecule has 0 aromatic rings. The molecular formula is C83H162O17P2. The number of aliphatic hydroxyl groups is 1. The molecule has 0 bridgehead atoms. The monoisotopic (exact) mass is 1490 g/mol. The van der Waals surface area contributed by atoms with Crippen LogP contribution in [0.5, 0.6) is 0 Å². The minimum Gasteiger partial charge on any atom is -0.462 e. The first-order valence-electron chi connectivity index (χ1n) is 43.1. The van der Waals surface area contributed by atoms with Gasteiger partial charge >= 0.3 is 39.5 Å². The number of hydrogen-bond acceptors (Lipinski definition) is 15. The highest BCUT2D eigenvalue weighted by atomic mass is 31.2. The molecule has 0 fully saturated rings. The summed E-state index contributed by atoms with van der Waals surface area (Å²) in [6, 6.07) is 0. The Labute approximate surface area is 626 Å². The summed E-state index contributed by atoms with van der Waals surface area (Å²) in [7, 11) is -9.92. The van der Waals surface area contributed by atoms with Crippen molar-refractivity contribution in [3.63, 3.8) is 0 Å². The number of carbonyl (C=O) groups is 4. The Morgan fingerprint density at radius 1 is 0.265 bits per heavy atom. The third-order valence-corrected chi connectivity index (χ3v) is 21.4. The largest absolute Gasteiger partial charge is 0.472 e. The predicted molar refractivity (Wildman–Crippen MR) is 418 cm³/mol. The van der Waals surface area contributed by atoms with Crippen molar-refractivity contribution in [2.45, 2.75) is 464 Å². The minimum absolute atomic E-state index is 0.109. The lowest BCUT2D eigenvalue weighted by atomic mass is 10.0. The van der Waals surface area contributed by atoms with Gasteiger partial charge in [0.2, 0.25) is 0 Å². The van der Waals surface area contributed by atoms with Gasteiger partial charge in [-0.3, -0.25) is 37.3 Å². The Morgan fingerprint density at radius 3 is 0.667 bits per heavy atom. The number of aliphatic hydroxyl groups excluding tert-OH is 1. The molecular weight excluding hydrogens is 1330 g/mol. The van der Waals surface area contributed by atoms with E-state index in [4.69, 9.17) is 37.0 Å². The highest BCUT2D eigenvalue weighted by molar-refractivity contribution is 7.47. The van der Waals surface area contributed by atoms with Gasteiger partial charge in [-0.25, -0.2) is 9.13 Å². The molecule has 17 nitrogen and oxygen atoms in total. The van der Waals surface area contributed by atoms with Gasteiger partial charge in [0.05, 0.1) is 26.4 Å². The molecule has 0 aromatic heterocycles. The second kappa shape index (κ2) is 75.9. The second-order valence-corrected chi connectivity index (χ2v) is 33.3. The number of ether oxygens (including phenoxy) is 4. The molecule has 0 spiro atoms. The van der Waals surface area contributed by atoms with Crippen molar-refractivity contribution in [2.75, 3.05) is 39.6 Å². The van der Waals surface area contributed by atoms with Crippen molar-refractivity contribution in [2.24, 2.45) is 5.92 Å². The zero-order valence-electron chi connectivity index (χ0n) is 66.8. The molecule has 3 N–H and O–H groups in total. The standard InChI is InChI=1S/C83H162O17P2/c1-6-9-12-15-18-21-24-27-31-37-42-47-52-57-62-67-81(86)94-73-79(100-83(88)69-64-59-54-49-44-39-34-30-29-33-36-40-45-50-55-60-65-76(4)5)75-98-102(91,92)96-71-77(84)70-95-101(89,90)97-74-78(72-93-80(85)66-61-56-51-46-41-35-26-23-20-17-14-11-8-3)99-82(87)68-63-58-53-48-43-38-32-28-25-22-19-16-13-10-7-2/h76-79,84H,6-75H2,1-5H3,(H,89,90)(H,91,92)/t77-,78+,79+/m0/s1. The molecule has 0 saturated carbocycles. The molecule has 0 aliphatic heterocycles. The van der Waals surface area contributed by atoms with Crippen LogP contribution in [-0.4, -0.2) is 96.7 Å².